The van der Waals surface area contributed by atoms with Crippen LogP contribution in [0.25, 0.3) is 0 Å². The summed E-state index contributed by atoms with van der Waals surface area (Å²) in [6, 6.07) is 7.32. The molecule has 1 aromatic rings. The highest BCUT2D eigenvalue weighted by Crippen LogP contribution is 2.03. The summed E-state index contributed by atoms with van der Waals surface area (Å²) in [5.74, 6) is -0.0509. The molecule has 1 rings (SSSR count). The molecule has 4 nitrogen and oxygen atoms in total. The summed E-state index contributed by atoms with van der Waals surface area (Å²) in [5, 5.41) is 2.85. The van der Waals surface area contributed by atoms with Crippen LogP contribution in [0.1, 0.15) is 29.3 Å². The van der Waals surface area contributed by atoms with Crippen LogP contribution in [0.5, 0.6) is 0 Å². The number of nitrogens with one attached hydrogen (secondary N) is 1. The number of nitrogens with two attached hydrogens (primary N) is 1. The lowest BCUT2D eigenvalue weighted by atomic mass is 10.1. The number of carbonyl (C=O) groups is 1. The molecule has 3 N–H and O–H groups in total. The molecule has 0 radical (unpaired) electrons. The van der Waals surface area contributed by atoms with Crippen molar-refractivity contribution in [3.05, 3.63) is 35.4 Å². The van der Waals surface area contributed by atoms with Crippen LogP contribution in [0.3, 0.4) is 0 Å². The fourth-order valence-corrected chi connectivity index (χ4v) is 1.41. The van der Waals surface area contributed by atoms with Gasteiger partial charge in [0.05, 0.1) is 0 Å². The highest BCUT2D eigenvalue weighted by Gasteiger charge is 2.03. The van der Waals surface area contributed by atoms with Gasteiger partial charge in [-0.15, -0.1) is 0 Å². The molecule has 0 bridgehead atoms. The first kappa shape index (κ1) is 13.7. The molecule has 4 heteroatoms. The molecule has 1 aromatic carbocycles. The zero-order chi connectivity index (χ0) is 12.5. The molecule has 0 aliphatic carbocycles. The maximum absolute atomic E-state index is 11.7. The molecule has 0 atom stereocenters. The highest BCUT2D eigenvalue weighted by molar-refractivity contribution is 5.94. The summed E-state index contributed by atoms with van der Waals surface area (Å²) >= 11 is 0. The minimum absolute atomic E-state index is 0.0509. The topological polar surface area (TPSA) is 64.3 Å². The van der Waals surface area contributed by atoms with Crippen LogP contribution < -0.4 is 11.1 Å². The van der Waals surface area contributed by atoms with Gasteiger partial charge in [0, 0.05) is 31.9 Å². The van der Waals surface area contributed by atoms with Gasteiger partial charge in [-0.1, -0.05) is 12.1 Å². The van der Waals surface area contributed by atoms with E-state index in [1.807, 2.05) is 19.1 Å². The Morgan fingerprint density at radius 3 is 2.65 bits per heavy atom. The Morgan fingerprint density at radius 2 is 2.06 bits per heavy atom. The zero-order valence-corrected chi connectivity index (χ0v) is 10.2. The van der Waals surface area contributed by atoms with Crippen molar-refractivity contribution in [1.29, 1.82) is 0 Å². The van der Waals surface area contributed by atoms with Gasteiger partial charge in [-0.2, -0.15) is 0 Å². The summed E-state index contributed by atoms with van der Waals surface area (Å²) in [6.45, 7) is 4.49. The second-order valence-corrected chi connectivity index (χ2v) is 3.71. The van der Waals surface area contributed by atoms with Crippen LogP contribution in [0.15, 0.2) is 24.3 Å². The van der Waals surface area contributed by atoms with Gasteiger partial charge in [-0.3, -0.25) is 4.79 Å². The van der Waals surface area contributed by atoms with Crippen LogP contribution in [0.4, 0.5) is 0 Å². The van der Waals surface area contributed by atoms with E-state index in [2.05, 4.69) is 5.32 Å². The molecule has 0 aromatic heterocycles. The number of amides is 1. The van der Waals surface area contributed by atoms with Crippen LogP contribution in [0.2, 0.25) is 0 Å². The van der Waals surface area contributed by atoms with Crippen LogP contribution >= 0.6 is 0 Å². The van der Waals surface area contributed by atoms with Crippen LogP contribution in [0, 0.1) is 0 Å². The summed E-state index contributed by atoms with van der Waals surface area (Å²) < 4.78 is 5.19. The number of carbonyl (C=O) groups excluding carboxylic acids is 1. The van der Waals surface area contributed by atoms with E-state index in [1.54, 1.807) is 12.1 Å². The summed E-state index contributed by atoms with van der Waals surface area (Å²) in [4.78, 5) is 11.7. The average Bonchev–Trinajstić information content (AvgIpc) is 2.38. The standard InChI is InChI=1S/C13H20N2O2/c1-2-17-9-3-8-15-13(16)12-6-4-11(10-14)5-7-12/h4-7H,2-3,8-10,14H2,1H3,(H,15,16). The van der Waals surface area contributed by atoms with Crippen LogP contribution in [-0.2, 0) is 11.3 Å². The number of ether oxygens (including phenoxy) is 1. The molecule has 17 heavy (non-hydrogen) atoms. The third kappa shape index (κ3) is 4.97. The first-order valence-electron chi connectivity index (χ1n) is 5.93. The SMILES string of the molecule is CCOCCCNC(=O)c1ccc(CN)cc1. The van der Waals surface area contributed by atoms with E-state index in [1.165, 1.54) is 0 Å². The maximum Gasteiger partial charge on any atom is 0.251 e. The van der Waals surface area contributed by atoms with Gasteiger partial charge in [0.2, 0.25) is 0 Å². The molecule has 0 fully saturated rings. The normalized spacial score (nSPS) is 10.2. The van der Waals surface area contributed by atoms with E-state index in [4.69, 9.17) is 10.5 Å². The predicted molar refractivity (Wildman–Crippen MR) is 67.8 cm³/mol. The van der Waals surface area contributed by atoms with Gasteiger partial charge in [-0.25, -0.2) is 0 Å². The second-order valence-electron chi connectivity index (χ2n) is 3.71. The quantitative estimate of drug-likeness (QED) is 0.701. The number of benzene rings is 1. The Labute approximate surface area is 102 Å². The Kier molecular flexibility index (Phi) is 6.29. The maximum atomic E-state index is 11.7. The number of hydrogen-bond donors (Lipinski definition) is 2. The van der Waals surface area contributed by atoms with E-state index < -0.39 is 0 Å². The monoisotopic (exact) mass is 236 g/mol. The Morgan fingerprint density at radius 1 is 1.35 bits per heavy atom. The second kappa shape index (κ2) is 7.81. The molecule has 0 aliphatic heterocycles. The van der Waals surface area contributed by atoms with Crippen LogP contribution in [-0.4, -0.2) is 25.7 Å². The molecule has 0 aliphatic rings. The summed E-state index contributed by atoms with van der Waals surface area (Å²) in [5.41, 5.74) is 7.18. The highest BCUT2D eigenvalue weighted by atomic mass is 16.5. The van der Waals surface area contributed by atoms with Crippen molar-refractivity contribution in [2.24, 2.45) is 5.73 Å². The van der Waals surface area contributed by atoms with Gasteiger partial charge >= 0.3 is 0 Å². The third-order valence-corrected chi connectivity index (χ3v) is 2.41. The molecular weight excluding hydrogens is 216 g/mol. The fourth-order valence-electron chi connectivity index (χ4n) is 1.41. The zero-order valence-electron chi connectivity index (χ0n) is 10.2. The smallest absolute Gasteiger partial charge is 0.251 e. The minimum atomic E-state index is -0.0509. The number of rotatable bonds is 7. The molecule has 1 amide bonds. The predicted octanol–water partition coefficient (Wildman–Crippen LogP) is 1.30. The fraction of sp³-hybridized carbons (Fsp3) is 0.462. The molecule has 0 spiro atoms. The van der Waals surface area contributed by atoms with Crippen molar-refractivity contribution < 1.29 is 9.53 Å². The van der Waals surface area contributed by atoms with Gasteiger partial charge in [-0.05, 0) is 31.0 Å². The Hall–Kier alpha value is -1.39. The van der Waals surface area contributed by atoms with Gasteiger partial charge < -0.3 is 15.8 Å². The van der Waals surface area contributed by atoms with Gasteiger partial charge in [0.25, 0.3) is 5.91 Å². The molecule has 0 unspecified atom stereocenters. The minimum Gasteiger partial charge on any atom is -0.382 e. The largest absolute Gasteiger partial charge is 0.382 e. The summed E-state index contributed by atoms with van der Waals surface area (Å²) in [6.07, 6.45) is 0.834. The van der Waals surface area contributed by atoms with Gasteiger partial charge in [0.15, 0.2) is 0 Å². The number of hydrogen-bond acceptors (Lipinski definition) is 3. The van der Waals surface area contributed by atoms with Gasteiger partial charge in [0.1, 0.15) is 0 Å². The van der Waals surface area contributed by atoms with Crippen molar-refractivity contribution in [3.63, 3.8) is 0 Å². The first-order valence-corrected chi connectivity index (χ1v) is 5.93. The lowest BCUT2D eigenvalue weighted by Gasteiger charge is -2.06. The van der Waals surface area contributed by atoms with Crippen molar-refractivity contribution in [1.82, 2.24) is 5.32 Å². The third-order valence-electron chi connectivity index (χ3n) is 2.41. The van der Waals surface area contributed by atoms with E-state index in [9.17, 15) is 4.79 Å². The van der Waals surface area contributed by atoms with E-state index in [0.29, 0.717) is 31.9 Å². The van der Waals surface area contributed by atoms with E-state index in [-0.39, 0.29) is 5.91 Å². The molecule has 0 heterocycles. The average molecular weight is 236 g/mol. The van der Waals surface area contributed by atoms with E-state index in [0.717, 1.165) is 12.0 Å². The van der Waals surface area contributed by atoms with Crippen molar-refractivity contribution >= 4 is 5.91 Å². The molecule has 94 valence electrons. The first-order chi connectivity index (χ1) is 8.27. The Bertz CT molecular complexity index is 336. The van der Waals surface area contributed by atoms with Crippen molar-refractivity contribution in [2.75, 3.05) is 19.8 Å². The van der Waals surface area contributed by atoms with Crippen molar-refractivity contribution in [2.45, 2.75) is 19.9 Å². The molecule has 0 saturated carbocycles. The molecular formula is C13H20N2O2. The lowest BCUT2D eigenvalue weighted by Crippen LogP contribution is -2.25. The van der Waals surface area contributed by atoms with Crippen molar-refractivity contribution in [3.8, 4) is 0 Å². The Balaban J connectivity index is 2.31. The molecule has 0 saturated heterocycles. The van der Waals surface area contributed by atoms with E-state index >= 15 is 0 Å². The summed E-state index contributed by atoms with van der Waals surface area (Å²) in [7, 11) is 0. The lowest BCUT2D eigenvalue weighted by molar-refractivity contribution is 0.0944.